The van der Waals surface area contributed by atoms with Gasteiger partial charge in [0.2, 0.25) is 0 Å². The zero-order valence-corrected chi connectivity index (χ0v) is 16.5. The van der Waals surface area contributed by atoms with Gasteiger partial charge in [0.15, 0.2) is 5.17 Å². The summed E-state index contributed by atoms with van der Waals surface area (Å²) in [7, 11) is -4.08. The zero-order chi connectivity index (χ0) is 20.4. The van der Waals surface area contributed by atoms with E-state index in [9.17, 15) is 13.2 Å². The Hall–Kier alpha value is -3.14. The highest BCUT2D eigenvalue weighted by molar-refractivity contribution is 8.18. The Morgan fingerprint density at radius 3 is 2.48 bits per heavy atom. The van der Waals surface area contributed by atoms with E-state index in [2.05, 4.69) is 14.5 Å². The number of nitrogens with two attached hydrogens (primary N) is 1. The summed E-state index contributed by atoms with van der Waals surface area (Å²) in [6, 6.07) is 19.9. The first-order chi connectivity index (χ1) is 13.9. The molecule has 0 bridgehead atoms. The molecule has 146 valence electrons. The topological polar surface area (TPSA) is 111 Å². The molecule has 3 aromatic rings. The molecule has 0 aromatic heterocycles. The smallest absolute Gasteiger partial charge is 0.371 e. The maximum atomic E-state index is 12.3. The SMILES string of the molecule is NS(=O)(=O)Oc1ccc(N=C2NC(=O)/C(=C\c3cccc4ccccc34)S2)cc1. The first-order valence-electron chi connectivity index (χ1n) is 8.47. The Bertz CT molecular complexity index is 1260. The number of amides is 1. The van der Waals surface area contributed by atoms with E-state index in [1.165, 1.54) is 23.9 Å². The van der Waals surface area contributed by atoms with Crippen molar-refractivity contribution in [1.82, 2.24) is 5.32 Å². The van der Waals surface area contributed by atoms with Gasteiger partial charge in [0, 0.05) is 0 Å². The van der Waals surface area contributed by atoms with Crippen molar-refractivity contribution in [2.24, 2.45) is 10.1 Å². The molecule has 4 rings (SSSR count). The quantitative estimate of drug-likeness (QED) is 0.623. The van der Waals surface area contributed by atoms with Crippen LogP contribution < -0.4 is 14.6 Å². The second-order valence-electron chi connectivity index (χ2n) is 6.12. The van der Waals surface area contributed by atoms with Gasteiger partial charge in [-0.05, 0) is 58.4 Å². The molecule has 0 aliphatic carbocycles. The van der Waals surface area contributed by atoms with Gasteiger partial charge in [-0.2, -0.15) is 13.6 Å². The molecular formula is C20H15N3O4S2. The zero-order valence-electron chi connectivity index (χ0n) is 14.9. The molecule has 0 spiro atoms. The number of amidine groups is 1. The molecule has 0 unspecified atom stereocenters. The molecule has 0 radical (unpaired) electrons. The third kappa shape index (κ3) is 4.65. The molecule has 1 fully saturated rings. The van der Waals surface area contributed by atoms with E-state index in [4.69, 9.17) is 5.14 Å². The van der Waals surface area contributed by atoms with E-state index < -0.39 is 10.3 Å². The first kappa shape index (κ1) is 19.2. The van der Waals surface area contributed by atoms with Gasteiger partial charge in [-0.15, -0.1) is 0 Å². The summed E-state index contributed by atoms with van der Waals surface area (Å²) >= 11 is 1.23. The molecule has 1 amide bonds. The van der Waals surface area contributed by atoms with Gasteiger partial charge >= 0.3 is 10.3 Å². The van der Waals surface area contributed by atoms with Crippen LogP contribution in [0.5, 0.6) is 5.75 Å². The Morgan fingerprint density at radius 2 is 1.72 bits per heavy atom. The third-order valence-corrected chi connectivity index (χ3v) is 5.38. The van der Waals surface area contributed by atoms with Crippen LogP contribution in [0.3, 0.4) is 0 Å². The summed E-state index contributed by atoms with van der Waals surface area (Å²) in [5, 5.41) is 10.2. The number of hydrogen-bond donors (Lipinski definition) is 2. The van der Waals surface area contributed by atoms with Gasteiger partial charge < -0.3 is 9.50 Å². The van der Waals surface area contributed by atoms with Crippen LogP contribution in [0, 0.1) is 0 Å². The van der Waals surface area contributed by atoms with E-state index in [0.717, 1.165) is 16.3 Å². The van der Waals surface area contributed by atoms with E-state index in [1.54, 1.807) is 12.1 Å². The number of carbonyl (C=O) groups excluding carboxylic acids is 1. The fourth-order valence-electron chi connectivity index (χ4n) is 2.83. The van der Waals surface area contributed by atoms with Crippen LogP contribution in [0.2, 0.25) is 0 Å². The minimum atomic E-state index is -4.08. The normalized spacial score (nSPS) is 17.1. The number of nitrogens with zero attached hydrogens (tertiary/aromatic N) is 1. The van der Waals surface area contributed by atoms with Crippen LogP contribution in [-0.4, -0.2) is 19.5 Å². The van der Waals surface area contributed by atoms with Gasteiger partial charge in [-0.3, -0.25) is 4.79 Å². The van der Waals surface area contributed by atoms with E-state index in [1.807, 2.05) is 48.5 Å². The van der Waals surface area contributed by atoms with Crippen molar-refractivity contribution in [1.29, 1.82) is 0 Å². The summed E-state index contributed by atoms with van der Waals surface area (Å²) in [6.45, 7) is 0. The van der Waals surface area contributed by atoms with Crippen molar-refractivity contribution in [3.05, 3.63) is 77.2 Å². The Balaban J connectivity index is 1.57. The lowest BCUT2D eigenvalue weighted by Gasteiger charge is -2.02. The van der Waals surface area contributed by atoms with Gasteiger partial charge in [0.25, 0.3) is 5.91 Å². The third-order valence-electron chi connectivity index (χ3n) is 4.04. The number of rotatable bonds is 4. The lowest BCUT2D eigenvalue weighted by atomic mass is 10.0. The number of nitrogens with one attached hydrogen (secondary N) is 1. The van der Waals surface area contributed by atoms with Crippen LogP contribution in [0.4, 0.5) is 5.69 Å². The highest BCUT2D eigenvalue weighted by Crippen LogP contribution is 2.30. The summed E-state index contributed by atoms with van der Waals surface area (Å²) in [6.07, 6.45) is 1.84. The lowest BCUT2D eigenvalue weighted by molar-refractivity contribution is -0.115. The molecule has 1 heterocycles. The van der Waals surface area contributed by atoms with E-state index in [0.29, 0.717) is 15.8 Å². The maximum absolute atomic E-state index is 12.3. The molecule has 3 N–H and O–H groups in total. The second kappa shape index (κ2) is 7.70. The van der Waals surface area contributed by atoms with Crippen molar-refractivity contribution >= 4 is 55.7 Å². The van der Waals surface area contributed by atoms with Crippen molar-refractivity contribution in [2.75, 3.05) is 0 Å². The molecule has 1 saturated heterocycles. The predicted octanol–water partition coefficient (Wildman–Crippen LogP) is 3.31. The van der Waals surface area contributed by atoms with Crippen LogP contribution in [-0.2, 0) is 15.1 Å². The van der Waals surface area contributed by atoms with Gasteiger partial charge in [0.05, 0.1) is 10.6 Å². The van der Waals surface area contributed by atoms with Gasteiger partial charge in [0.1, 0.15) is 5.75 Å². The minimum absolute atomic E-state index is 0.0797. The van der Waals surface area contributed by atoms with Crippen LogP contribution in [0.25, 0.3) is 16.8 Å². The Kier molecular flexibility index (Phi) is 5.10. The van der Waals surface area contributed by atoms with Crippen LogP contribution in [0.15, 0.2) is 76.6 Å². The number of aliphatic imine (C=N–C) groups is 1. The highest BCUT2D eigenvalue weighted by Gasteiger charge is 2.24. The summed E-state index contributed by atoms with van der Waals surface area (Å²) in [5.41, 5.74) is 1.48. The van der Waals surface area contributed by atoms with Crippen molar-refractivity contribution < 1.29 is 17.4 Å². The number of fused-ring (bicyclic) bond motifs is 1. The van der Waals surface area contributed by atoms with Gasteiger partial charge in [-0.1, -0.05) is 42.5 Å². The minimum Gasteiger partial charge on any atom is -0.371 e. The second-order valence-corrected chi connectivity index (χ2v) is 8.30. The monoisotopic (exact) mass is 425 g/mol. The summed E-state index contributed by atoms with van der Waals surface area (Å²) in [5.74, 6) is -0.146. The molecule has 0 atom stereocenters. The highest BCUT2D eigenvalue weighted by atomic mass is 32.2. The number of carbonyl (C=O) groups is 1. The lowest BCUT2D eigenvalue weighted by Crippen LogP contribution is -2.19. The van der Waals surface area contributed by atoms with Crippen molar-refractivity contribution in [3.63, 3.8) is 0 Å². The molecule has 29 heavy (non-hydrogen) atoms. The molecular weight excluding hydrogens is 410 g/mol. The van der Waals surface area contributed by atoms with Crippen LogP contribution >= 0.6 is 11.8 Å². The Labute approximate surface area is 171 Å². The average Bonchev–Trinajstić information content (AvgIpc) is 3.01. The molecule has 9 heteroatoms. The summed E-state index contributed by atoms with van der Waals surface area (Å²) in [4.78, 5) is 17.3. The van der Waals surface area contributed by atoms with Gasteiger partial charge in [-0.25, -0.2) is 4.99 Å². The standard InChI is InChI=1S/C20H15N3O4S2/c21-29(25,26)27-16-10-8-15(9-11-16)22-20-23-19(24)18(28-20)12-14-6-3-5-13-4-1-2-7-17(13)14/h1-12H,(H2,21,25,26)(H,22,23,24)/b18-12+. The molecule has 7 nitrogen and oxygen atoms in total. The number of benzene rings is 3. The van der Waals surface area contributed by atoms with Crippen molar-refractivity contribution in [2.45, 2.75) is 0 Å². The fraction of sp³-hybridized carbons (Fsp3) is 0. The van der Waals surface area contributed by atoms with Crippen molar-refractivity contribution in [3.8, 4) is 5.75 Å². The fourth-order valence-corrected chi connectivity index (χ4v) is 4.04. The Morgan fingerprint density at radius 1 is 1.00 bits per heavy atom. The first-order valence-corrected chi connectivity index (χ1v) is 10.8. The number of thioether (sulfide) groups is 1. The largest absolute Gasteiger partial charge is 0.380 e. The predicted molar refractivity (Wildman–Crippen MR) is 115 cm³/mol. The molecule has 3 aromatic carbocycles. The number of hydrogen-bond acceptors (Lipinski definition) is 6. The van der Waals surface area contributed by atoms with E-state index in [-0.39, 0.29) is 11.7 Å². The maximum Gasteiger partial charge on any atom is 0.380 e. The molecule has 0 saturated carbocycles. The molecule has 1 aliphatic heterocycles. The van der Waals surface area contributed by atoms with Crippen LogP contribution in [0.1, 0.15) is 5.56 Å². The molecule has 1 aliphatic rings. The average molecular weight is 425 g/mol. The summed E-state index contributed by atoms with van der Waals surface area (Å²) < 4.78 is 26.5. The van der Waals surface area contributed by atoms with E-state index >= 15 is 0 Å².